The Bertz CT molecular complexity index is 435. The van der Waals surface area contributed by atoms with Crippen LogP contribution in [0.4, 0.5) is 11.4 Å². The van der Waals surface area contributed by atoms with E-state index in [4.69, 9.17) is 4.74 Å². The number of aliphatic hydroxyl groups is 1. The van der Waals surface area contributed by atoms with Crippen LogP contribution in [0.25, 0.3) is 0 Å². The topological polar surface area (TPSA) is 44.7 Å². The molecule has 0 unspecified atom stereocenters. The minimum absolute atomic E-state index is 0.513. The van der Waals surface area contributed by atoms with E-state index in [1.165, 1.54) is 12.1 Å². The normalized spacial score (nSPS) is 22.0. The lowest BCUT2D eigenvalue weighted by atomic mass is 9.85. The van der Waals surface area contributed by atoms with Crippen molar-refractivity contribution in [1.82, 2.24) is 0 Å². The Morgan fingerprint density at radius 1 is 1.05 bits per heavy atom. The van der Waals surface area contributed by atoms with Gasteiger partial charge in [-0.05, 0) is 37.1 Å². The van der Waals surface area contributed by atoms with Crippen LogP contribution in [0.15, 0.2) is 24.3 Å². The number of ether oxygens (including phenoxy) is 1. The molecule has 4 nitrogen and oxygen atoms in total. The largest absolute Gasteiger partial charge is 0.388 e. The van der Waals surface area contributed by atoms with Crippen molar-refractivity contribution in [3.05, 3.63) is 24.3 Å². The van der Waals surface area contributed by atoms with Crippen LogP contribution in [0.5, 0.6) is 0 Å². The summed E-state index contributed by atoms with van der Waals surface area (Å²) in [7, 11) is 0. The van der Waals surface area contributed by atoms with Crippen LogP contribution < -0.4 is 10.2 Å². The zero-order valence-electron chi connectivity index (χ0n) is 12.7. The molecule has 1 saturated carbocycles. The number of nitrogens with one attached hydrogen (secondary N) is 1. The quantitative estimate of drug-likeness (QED) is 0.895. The Kier molecular flexibility index (Phi) is 4.66. The molecule has 1 aromatic rings. The van der Waals surface area contributed by atoms with Gasteiger partial charge in [0.25, 0.3) is 0 Å². The van der Waals surface area contributed by atoms with Gasteiger partial charge in [0.05, 0.1) is 18.8 Å². The van der Waals surface area contributed by atoms with Crippen molar-refractivity contribution in [3.8, 4) is 0 Å². The van der Waals surface area contributed by atoms with Gasteiger partial charge in [-0.1, -0.05) is 19.3 Å². The number of benzene rings is 1. The lowest BCUT2D eigenvalue weighted by Crippen LogP contribution is -2.38. The summed E-state index contributed by atoms with van der Waals surface area (Å²) in [6, 6.07) is 8.52. The maximum Gasteiger partial charge on any atom is 0.0819 e. The van der Waals surface area contributed by atoms with E-state index in [-0.39, 0.29) is 0 Å². The zero-order chi connectivity index (χ0) is 14.5. The highest BCUT2D eigenvalue weighted by Crippen LogP contribution is 2.28. The predicted molar refractivity (Wildman–Crippen MR) is 86.0 cm³/mol. The number of rotatable bonds is 4. The minimum atomic E-state index is -0.513. The molecule has 0 aromatic heterocycles. The molecule has 0 bridgehead atoms. The third kappa shape index (κ3) is 3.89. The first-order chi connectivity index (χ1) is 10.3. The van der Waals surface area contributed by atoms with Crippen LogP contribution in [0.1, 0.15) is 32.1 Å². The van der Waals surface area contributed by atoms with Gasteiger partial charge >= 0.3 is 0 Å². The Hall–Kier alpha value is -1.26. The lowest BCUT2D eigenvalue weighted by molar-refractivity contribution is 0.0167. The summed E-state index contributed by atoms with van der Waals surface area (Å²) >= 11 is 0. The van der Waals surface area contributed by atoms with E-state index in [0.29, 0.717) is 6.54 Å². The van der Waals surface area contributed by atoms with Crippen molar-refractivity contribution in [2.45, 2.75) is 37.7 Å². The van der Waals surface area contributed by atoms with E-state index in [1.807, 2.05) is 0 Å². The smallest absolute Gasteiger partial charge is 0.0819 e. The average Bonchev–Trinajstić information content (AvgIpc) is 2.55. The number of morpholine rings is 1. The van der Waals surface area contributed by atoms with Gasteiger partial charge in [-0.15, -0.1) is 0 Å². The second-order valence-corrected chi connectivity index (χ2v) is 6.28. The van der Waals surface area contributed by atoms with Gasteiger partial charge in [0.15, 0.2) is 0 Å². The third-order valence-corrected chi connectivity index (χ3v) is 4.65. The van der Waals surface area contributed by atoms with E-state index in [1.54, 1.807) is 0 Å². The molecule has 0 amide bonds. The highest BCUT2D eigenvalue weighted by molar-refractivity contribution is 5.55. The van der Waals surface area contributed by atoms with E-state index in [0.717, 1.165) is 57.7 Å². The van der Waals surface area contributed by atoms with Crippen LogP contribution in [-0.4, -0.2) is 43.6 Å². The molecule has 1 aliphatic heterocycles. The fourth-order valence-corrected chi connectivity index (χ4v) is 3.26. The Balaban J connectivity index is 1.54. The summed E-state index contributed by atoms with van der Waals surface area (Å²) in [5.41, 5.74) is 1.83. The molecular weight excluding hydrogens is 264 g/mol. The summed E-state index contributed by atoms with van der Waals surface area (Å²) in [4.78, 5) is 2.35. The minimum Gasteiger partial charge on any atom is -0.388 e. The first-order valence-corrected chi connectivity index (χ1v) is 8.14. The van der Waals surface area contributed by atoms with Crippen molar-refractivity contribution >= 4 is 11.4 Å². The molecule has 2 fully saturated rings. The summed E-state index contributed by atoms with van der Waals surface area (Å²) < 4.78 is 5.38. The highest BCUT2D eigenvalue weighted by Gasteiger charge is 2.28. The summed E-state index contributed by atoms with van der Waals surface area (Å²) in [5.74, 6) is 0. The van der Waals surface area contributed by atoms with Gasteiger partial charge in [-0.25, -0.2) is 0 Å². The van der Waals surface area contributed by atoms with Crippen LogP contribution in [0.3, 0.4) is 0 Å². The monoisotopic (exact) mass is 290 g/mol. The van der Waals surface area contributed by atoms with Crippen LogP contribution in [0, 0.1) is 0 Å². The van der Waals surface area contributed by atoms with Crippen molar-refractivity contribution < 1.29 is 9.84 Å². The van der Waals surface area contributed by atoms with Crippen molar-refractivity contribution in [1.29, 1.82) is 0 Å². The summed E-state index contributed by atoms with van der Waals surface area (Å²) in [5, 5.41) is 13.9. The van der Waals surface area contributed by atoms with E-state index < -0.39 is 5.60 Å². The van der Waals surface area contributed by atoms with Gasteiger partial charge in [0.2, 0.25) is 0 Å². The van der Waals surface area contributed by atoms with Gasteiger partial charge in [-0.2, -0.15) is 0 Å². The third-order valence-electron chi connectivity index (χ3n) is 4.65. The number of nitrogens with zero attached hydrogens (tertiary/aromatic N) is 1. The van der Waals surface area contributed by atoms with E-state index in [9.17, 15) is 5.11 Å². The maximum atomic E-state index is 10.5. The molecule has 1 aromatic carbocycles. The van der Waals surface area contributed by atoms with Crippen molar-refractivity contribution in [2.24, 2.45) is 0 Å². The van der Waals surface area contributed by atoms with Crippen molar-refractivity contribution in [3.63, 3.8) is 0 Å². The standard InChI is InChI=1S/C17H26N2O2/c20-17(8-2-1-3-9-17)14-18-15-4-6-16(7-5-15)19-10-12-21-13-11-19/h4-7,18,20H,1-3,8-14H2. The van der Waals surface area contributed by atoms with Crippen LogP contribution >= 0.6 is 0 Å². The van der Waals surface area contributed by atoms with Gasteiger partial charge in [0.1, 0.15) is 0 Å². The molecule has 0 spiro atoms. The molecule has 21 heavy (non-hydrogen) atoms. The highest BCUT2D eigenvalue weighted by atomic mass is 16.5. The Morgan fingerprint density at radius 2 is 1.71 bits per heavy atom. The summed E-state index contributed by atoms with van der Waals surface area (Å²) in [6.07, 6.45) is 5.40. The van der Waals surface area contributed by atoms with Gasteiger partial charge in [-0.3, -0.25) is 0 Å². The molecule has 1 saturated heterocycles. The fraction of sp³-hybridized carbons (Fsp3) is 0.647. The first-order valence-electron chi connectivity index (χ1n) is 8.14. The Labute approximate surface area is 127 Å². The maximum absolute atomic E-state index is 10.5. The van der Waals surface area contributed by atoms with Crippen LogP contribution in [-0.2, 0) is 4.74 Å². The molecule has 4 heteroatoms. The molecule has 0 atom stereocenters. The van der Waals surface area contributed by atoms with Gasteiger partial charge < -0.3 is 20.1 Å². The molecule has 1 heterocycles. The summed E-state index contributed by atoms with van der Waals surface area (Å²) in [6.45, 7) is 4.21. The zero-order valence-corrected chi connectivity index (χ0v) is 12.7. The number of hydrogen-bond acceptors (Lipinski definition) is 4. The molecule has 2 N–H and O–H groups in total. The van der Waals surface area contributed by atoms with E-state index >= 15 is 0 Å². The number of anilines is 2. The first kappa shape index (κ1) is 14.7. The van der Waals surface area contributed by atoms with E-state index in [2.05, 4.69) is 34.5 Å². The van der Waals surface area contributed by atoms with Crippen LogP contribution in [0.2, 0.25) is 0 Å². The Morgan fingerprint density at radius 3 is 2.38 bits per heavy atom. The molecule has 0 radical (unpaired) electrons. The fourth-order valence-electron chi connectivity index (χ4n) is 3.26. The van der Waals surface area contributed by atoms with Crippen molar-refractivity contribution in [2.75, 3.05) is 43.1 Å². The lowest BCUT2D eigenvalue weighted by Gasteiger charge is -2.32. The average molecular weight is 290 g/mol. The molecule has 116 valence electrons. The SMILES string of the molecule is OC1(CNc2ccc(N3CCOCC3)cc2)CCCCC1. The molecule has 1 aliphatic carbocycles. The molecular formula is C17H26N2O2. The second-order valence-electron chi connectivity index (χ2n) is 6.28. The molecule has 3 rings (SSSR count). The second kappa shape index (κ2) is 6.67. The number of hydrogen-bond donors (Lipinski definition) is 2. The van der Waals surface area contributed by atoms with Gasteiger partial charge in [0, 0.05) is 31.0 Å². The molecule has 2 aliphatic rings. The predicted octanol–water partition coefficient (Wildman–Crippen LogP) is 2.63.